The molecule has 2 aliphatic rings. The van der Waals surface area contributed by atoms with Crippen molar-refractivity contribution in [3.05, 3.63) is 35.4 Å². The predicted octanol–water partition coefficient (Wildman–Crippen LogP) is 2.81. The largest absolute Gasteiger partial charge is 0.393 e. The van der Waals surface area contributed by atoms with Gasteiger partial charge in [-0.05, 0) is 56.7 Å². The maximum Gasteiger partial charge on any atom is 0.248 e. The second-order valence-electron chi connectivity index (χ2n) is 6.71. The van der Waals surface area contributed by atoms with E-state index in [1.807, 2.05) is 19.1 Å². The third kappa shape index (κ3) is 3.95. The van der Waals surface area contributed by atoms with Gasteiger partial charge < -0.3 is 15.3 Å². The number of nitrogens with zero attached hydrogens (tertiary/aromatic N) is 2. The number of allylic oxidation sites excluding steroid dienone is 1. The van der Waals surface area contributed by atoms with Crippen molar-refractivity contribution in [2.24, 2.45) is 5.92 Å². The minimum atomic E-state index is -0.244. The SMILES string of the molecule is C/C(=C/C(=O)Nc1ccc(N2CCC(O)CC2)c(C#N)c1)C1CC1. The van der Waals surface area contributed by atoms with E-state index in [0.29, 0.717) is 30.0 Å². The quantitative estimate of drug-likeness (QED) is 0.835. The highest BCUT2D eigenvalue weighted by molar-refractivity contribution is 6.00. The zero-order chi connectivity index (χ0) is 17.1. The van der Waals surface area contributed by atoms with E-state index < -0.39 is 0 Å². The zero-order valence-electron chi connectivity index (χ0n) is 14.0. The van der Waals surface area contributed by atoms with Crippen LogP contribution in [0.25, 0.3) is 0 Å². The van der Waals surface area contributed by atoms with Gasteiger partial charge in [-0.2, -0.15) is 5.26 Å². The van der Waals surface area contributed by atoms with Crippen molar-refractivity contribution >= 4 is 17.3 Å². The summed E-state index contributed by atoms with van der Waals surface area (Å²) < 4.78 is 0. The summed E-state index contributed by atoms with van der Waals surface area (Å²) in [4.78, 5) is 14.2. The summed E-state index contributed by atoms with van der Waals surface area (Å²) in [6.45, 7) is 3.47. The summed E-state index contributed by atoms with van der Waals surface area (Å²) in [7, 11) is 0. The average Bonchev–Trinajstić information content (AvgIpc) is 3.40. The maximum absolute atomic E-state index is 12.1. The Balaban J connectivity index is 1.71. The van der Waals surface area contributed by atoms with Crippen LogP contribution in [0.15, 0.2) is 29.8 Å². The van der Waals surface area contributed by atoms with Gasteiger partial charge in [0.25, 0.3) is 0 Å². The van der Waals surface area contributed by atoms with Crippen LogP contribution in [0.3, 0.4) is 0 Å². The molecule has 1 heterocycles. The van der Waals surface area contributed by atoms with E-state index >= 15 is 0 Å². The molecule has 1 aliphatic carbocycles. The van der Waals surface area contributed by atoms with Gasteiger partial charge in [-0.1, -0.05) is 5.57 Å². The van der Waals surface area contributed by atoms with Gasteiger partial charge in [0.2, 0.25) is 5.91 Å². The van der Waals surface area contributed by atoms with Gasteiger partial charge >= 0.3 is 0 Å². The second kappa shape index (κ2) is 7.06. The van der Waals surface area contributed by atoms with E-state index in [4.69, 9.17) is 0 Å². The number of piperidine rings is 1. The molecule has 0 spiro atoms. The van der Waals surface area contributed by atoms with Gasteiger partial charge in [0, 0.05) is 24.9 Å². The van der Waals surface area contributed by atoms with Gasteiger partial charge in [-0.25, -0.2) is 0 Å². The number of carbonyl (C=O) groups is 1. The highest BCUT2D eigenvalue weighted by Crippen LogP contribution is 2.36. The number of aliphatic hydroxyl groups is 1. The van der Waals surface area contributed by atoms with Gasteiger partial charge in [-0.15, -0.1) is 0 Å². The van der Waals surface area contributed by atoms with Crippen LogP contribution in [-0.4, -0.2) is 30.2 Å². The molecule has 126 valence electrons. The van der Waals surface area contributed by atoms with Crippen molar-refractivity contribution in [3.8, 4) is 6.07 Å². The molecule has 1 saturated heterocycles. The number of benzene rings is 1. The summed E-state index contributed by atoms with van der Waals surface area (Å²) >= 11 is 0. The molecule has 1 aromatic carbocycles. The minimum Gasteiger partial charge on any atom is -0.393 e. The normalized spacial score (nSPS) is 19.0. The standard InChI is InChI=1S/C19H23N3O2/c1-13(14-2-3-14)10-19(24)21-16-4-5-18(15(11-16)12-20)22-8-6-17(23)7-9-22/h4-5,10-11,14,17,23H,2-3,6-9H2,1H3,(H,21,24)/b13-10-. The highest BCUT2D eigenvalue weighted by Gasteiger charge is 2.23. The number of amides is 1. The Morgan fingerprint density at radius 2 is 2.04 bits per heavy atom. The van der Waals surface area contributed by atoms with E-state index in [2.05, 4.69) is 16.3 Å². The van der Waals surface area contributed by atoms with Crippen LogP contribution in [0.1, 0.15) is 38.2 Å². The van der Waals surface area contributed by atoms with Crippen LogP contribution in [-0.2, 0) is 4.79 Å². The Labute approximate surface area is 142 Å². The van der Waals surface area contributed by atoms with Crippen molar-refractivity contribution in [1.29, 1.82) is 5.26 Å². The molecule has 1 aliphatic heterocycles. The van der Waals surface area contributed by atoms with Crippen LogP contribution < -0.4 is 10.2 Å². The number of hydrogen-bond acceptors (Lipinski definition) is 4. The lowest BCUT2D eigenvalue weighted by atomic mass is 10.0. The molecule has 1 saturated carbocycles. The molecule has 0 aromatic heterocycles. The Morgan fingerprint density at radius 1 is 1.33 bits per heavy atom. The molecule has 0 atom stereocenters. The number of carbonyl (C=O) groups excluding carboxylic acids is 1. The summed E-state index contributed by atoms with van der Waals surface area (Å²) in [6, 6.07) is 7.65. The van der Waals surface area contributed by atoms with Crippen LogP contribution in [0, 0.1) is 17.2 Å². The molecule has 24 heavy (non-hydrogen) atoms. The second-order valence-corrected chi connectivity index (χ2v) is 6.71. The Morgan fingerprint density at radius 3 is 2.67 bits per heavy atom. The zero-order valence-corrected chi connectivity index (χ0v) is 14.0. The summed E-state index contributed by atoms with van der Waals surface area (Å²) in [5.41, 5.74) is 3.17. The molecule has 1 aromatic rings. The lowest BCUT2D eigenvalue weighted by Gasteiger charge is -2.32. The van der Waals surface area contributed by atoms with Gasteiger partial charge in [0.1, 0.15) is 6.07 Å². The maximum atomic E-state index is 12.1. The molecular formula is C19H23N3O2. The molecule has 0 unspecified atom stereocenters. The van der Waals surface area contributed by atoms with Gasteiger partial charge in [-0.3, -0.25) is 4.79 Å². The van der Waals surface area contributed by atoms with Gasteiger partial charge in [0.15, 0.2) is 0 Å². The number of rotatable bonds is 4. The highest BCUT2D eigenvalue weighted by atomic mass is 16.3. The van der Waals surface area contributed by atoms with Crippen molar-refractivity contribution in [1.82, 2.24) is 0 Å². The molecule has 5 nitrogen and oxygen atoms in total. The number of hydrogen-bond donors (Lipinski definition) is 2. The van der Waals surface area contributed by atoms with Crippen LogP contribution in [0.5, 0.6) is 0 Å². The fourth-order valence-electron chi connectivity index (χ4n) is 3.13. The van der Waals surface area contributed by atoms with E-state index in [9.17, 15) is 15.2 Å². The third-order valence-electron chi connectivity index (χ3n) is 4.77. The van der Waals surface area contributed by atoms with Crippen molar-refractivity contribution in [3.63, 3.8) is 0 Å². The third-order valence-corrected chi connectivity index (χ3v) is 4.77. The number of anilines is 2. The lowest BCUT2D eigenvalue weighted by molar-refractivity contribution is -0.112. The van der Waals surface area contributed by atoms with Gasteiger partial charge in [0.05, 0.1) is 17.4 Å². The van der Waals surface area contributed by atoms with E-state index in [0.717, 1.165) is 24.4 Å². The topological polar surface area (TPSA) is 76.4 Å². The molecule has 1 amide bonds. The first-order valence-corrected chi connectivity index (χ1v) is 8.53. The van der Waals surface area contributed by atoms with Crippen molar-refractivity contribution < 1.29 is 9.90 Å². The molecule has 3 rings (SSSR count). The molecule has 0 radical (unpaired) electrons. The number of nitrogens with one attached hydrogen (secondary N) is 1. The Hall–Kier alpha value is -2.32. The first-order valence-electron chi connectivity index (χ1n) is 8.53. The summed E-state index contributed by atoms with van der Waals surface area (Å²) in [5.74, 6) is 0.430. The van der Waals surface area contributed by atoms with Crippen molar-refractivity contribution in [2.45, 2.75) is 38.7 Å². The molecule has 5 heteroatoms. The monoisotopic (exact) mass is 325 g/mol. The van der Waals surface area contributed by atoms with E-state index in [-0.39, 0.29) is 12.0 Å². The predicted molar refractivity (Wildman–Crippen MR) is 93.7 cm³/mol. The van der Waals surface area contributed by atoms with E-state index in [1.165, 1.54) is 12.8 Å². The Bertz CT molecular complexity index is 693. The summed E-state index contributed by atoms with van der Waals surface area (Å²) in [5, 5.41) is 21.9. The summed E-state index contributed by atoms with van der Waals surface area (Å²) in [6.07, 6.45) is 5.19. The van der Waals surface area contributed by atoms with Crippen molar-refractivity contribution in [2.75, 3.05) is 23.3 Å². The van der Waals surface area contributed by atoms with Crippen LogP contribution >= 0.6 is 0 Å². The minimum absolute atomic E-state index is 0.142. The smallest absolute Gasteiger partial charge is 0.248 e. The molecule has 0 bridgehead atoms. The van der Waals surface area contributed by atoms with Crippen LogP contribution in [0.4, 0.5) is 11.4 Å². The molecule has 2 fully saturated rings. The average molecular weight is 325 g/mol. The molecular weight excluding hydrogens is 302 g/mol. The van der Waals surface area contributed by atoms with E-state index in [1.54, 1.807) is 12.1 Å². The number of nitriles is 1. The number of aliphatic hydroxyl groups excluding tert-OH is 1. The molecule has 2 N–H and O–H groups in total. The van der Waals surface area contributed by atoms with Crippen LogP contribution in [0.2, 0.25) is 0 Å². The fourth-order valence-corrected chi connectivity index (χ4v) is 3.13. The first kappa shape index (κ1) is 16.5. The Kier molecular flexibility index (Phi) is 4.86. The fraction of sp³-hybridized carbons (Fsp3) is 0.474. The first-order chi connectivity index (χ1) is 11.6. The lowest BCUT2D eigenvalue weighted by Crippen LogP contribution is -2.36.